The highest BCUT2D eigenvalue weighted by Crippen LogP contribution is 2.31. The lowest BCUT2D eigenvalue weighted by molar-refractivity contribution is 0.0944. The van der Waals surface area contributed by atoms with Crippen LogP contribution in [-0.2, 0) is 6.42 Å². The number of hydrogen-bond donors (Lipinski definition) is 4. The van der Waals surface area contributed by atoms with Gasteiger partial charge in [0, 0.05) is 29.0 Å². The summed E-state index contributed by atoms with van der Waals surface area (Å²) in [4.78, 5) is 32.7. The Kier molecular flexibility index (Phi) is 5.59. The van der Waals surface area contributed by atoms with Crippen molar-refractivity contribution in [2.24, 2.45) is 5.73 Å². The number of primary amides is 1. The number of halogens is 1. The zero-order valence-corrected chi connectivity index (χ0v) is 17.3. The molecule has 0 spiro atoms. The second kappa shape index (κ2) is 8.49. The molecule has 31 heavy (non-hydrogen) atoms. The Hall–Kier alpha value is -3.85. The molecule has 0 saturated heterocycles. The predicted octanol–water partition coefficient (Wildman–Crippen LogP) is 3.01. The lowest BCUT2D eigenvalue weighted by Gasteiger charge is -2.21. The number of amides is 2. The normalized spacial score (nSPS) is 12.5. The Labute approximate surface area is 183 Å². The lowest BCUT2D eigenvalue weighted by Crippen LogP contribution is -2.32. The first-order valence-electron chi connectivity index (χ1n) is 9.41. The van der Waals surface area contributed by atoms with Gasteiger partial charge in [-0.15, -0.1) is 0 Å². The van der Waals surface area contributed by atoms with Crippen LogP contribution in [0.15, 0.2) is 42.6 Å². The summed E-state index contributed by atoms with van der Waals surface area (Å²) in [5, 5.41) is 9.49. The number of carbonyl (C=O) groups is 2. The first-order chi connectivity index (χ1) is 15.0. The molecule has 10 heteroatoms. The van der Waals surface area contributed by atoms with E-state index < -0.39 is 5.91 Å². The topological polar surface area (TPSA) is 131 Å². The Morgan fingerprint density at radius 3 is 2.84 bits per heavy atom. The van der Waals surface area contributed by atoms with Crippen LogP contribution in [0.25, 0.3) is 0 Å². The van der Waals surface area contributed by atoms with Gasteiger partial charge in [-0.05, 0) is 42.3 Å². The first kappa shape index (κ1) is 20.4. The van der Waals surface area contributed by atoms with Gasteiger partial charge in [0.05, 0.1) is 12.8 Å². The maximum atomic E-state index is 12.1. The van der Waals surface area contributed by atoms with Crippen molar-refractivity contribution >= 4 is 46.6 Å². The van der Waals surface area contributed by atoms with Gasteiger partial charge in [0.1, 0.15) is 17.1 Å². The van der Waals surface area contributed by atoms with Crippen LogP contribution in [0.2, 0.25) is 5.02 Å². The molecule has 0 atom stereocenters. The quantitative estimate of drug-likeness (QED) is 0.465. The largest absolute Gasteiger partial charge is 0.495 e. The molecule has 158 valence electrons. The fraction of sp³-hybridized carbons (Fsp3) is 0.143. The van der Waals surface area contributed by atoms with Crippen LogP contribution < -0.4 is 26.4 Å². The lowest BCUT2D eigenvalue weighted by atomic mass is 9.98. The molecule has 0 unspecified atom stereocenters. The molecular weight excluding hydrogens is 420 g/mol. The molecule has 2 heterocycles. The maximum Gasteiger partial charge on any atom is 0.254 e. The van der Waals surface area contributed by atoms with E-state index in [4.69, 9.17) is 22.1 Å². The summed E-state index contributed by atoms with van der Waals surface area (Å²) in [5.41, 5.74) is 8.27. The zero-order chi connectivity index (χ0) is 22.0. The highest BCUT2D eigenvalue weighted by Gasteiger charge is 2.21. The summed E-state index contributed by atoms with van der Waals surface area (Å²) in [6.07, 6.45) is 1.98. The van der Waals surface area contributed by atoms with Crippen LogP contribution in [0.3, 0.4) is 0 Å². The molecule has 2 amide bonds. The van der Waals surface area contributed by atoms with Crippen molar-refractivity contribution in [2.45, 2.75) is 6.42 Å². The smallest absolute Gasteiger partial charge is 0.254 e. The number of ether oxygens (including phenoxy) is 1. The first-order valence-corrected chi connectivity index (χ1v) is 9.78. The van der Waals surface area contributed by atoms with Gasteiger partial charge in [-0.3, -0.25) is 9.59 Å². The number of nitrogens with two attached hydrogens (primary N) is 1. The molecule has 1 aliphatic rings. The van der Waals surface area contributed by atoms with Gasteiger partial charge < -0.3 is 26.4 Å². The Morgan fingerprint density at radius 2 is 2.06 bits per heavy atom. The summed E-state index contributed by atoms with van der Waals surface area (Å²) in [7, 11) is 1.53. The predicted molar refractivity (Wildman–Crippen MR) is 118 cm³/mol. The minimum Gasteiger partial charge on any atom is -0.495 e. The molecule has 0 aliphatic carbocycles. The fourth-order valence-electron chi connectivity index (χ4n) is 3.33. The highest BCUT2D eigenvalue weighted by atomic mass is 35.5. The number of rotatable bonds is 6. The molecular formula is C21H19ClN6O3. The van der Waals surface area contributed by atoms with Crippen molar-refractivity contribution in [3.05, 3.63) is 64.3 Å². The number of anilines is 4. The van der Waals surface area contributed by atoms with E-state index in [9.17, 15) is 9.59 Å². The van der Waals surface area contributed by atoms with Crippen LogP contribution in [0, 0.1) is 0 Å². The van der Waals surface area contributed by atoms with Crippen molar-refractivity contribution in [1.82, 2.24) is 15.3 Å². The molecule has 0 bridgehead atoms. The molecule has 0 saturated carbocycles. The standard InChI is InChI=1S/C21H19ClN6O3/c1-31-17-6-5-11(22)9-16(17)27-21-25-10-14(18(23)29)19(28-21)26-15-4-2-3-13-12(15)7-8-24-20(13)30/h2-6,9-10H,7-8H2,1H3,(H2,23,29)(H,24,30)(H2,25,26,27,28). The van der Waals surface area contributed by atoms with Gasteiger partial charge in [-0.1, -0.05) is 17.7 Å². The third-order valence-corrected chi connectivity index (χ3v) is 5.03. The number of methoxy groups -OCH3 is 1. The van der Waals surface area contributed by atoms with Crippen molar-refractivity contribution in [1.29, 1.82) is 0 Å². The number of fused-ring (bicyclic) bond motifs is 1. The SMILES string of the molecule is COc1ccc(Cl)cc1Nc1ncc(C(N)=O)c(Nc2cccc3c2CCNC3=O)n1. The molecule has 5 N–H and O–H groups in total. The van der Waals surface area contributed by atoms with Gasteiger partial charge in [0.25, 0.3) is 11.8 Å². The highest BCUT2D eigenvalue weighted by molar-refractivity contribution is 6.31. The van der Waals surface area contributed by atoms with Crippen LogP contribution in [0.4, 0.5) is 23.1 Å². The average Bonchev–Trinajstić information content (AvgIpc) is 2.75. The monoisotopic (exact) mass is 438 g/mol. The second-order valence-corrected chi connectivity index (χ2v) is 7.19. The van der Waals surface area contributed by atoms with Crippen molar-refractivity contribution < 1.29 is 14.3 Å². The van der Waals surface area contributed by atoms with E-state index in [0.29, 0.717) is 40.7 Å². The summed E-state index contributed by atoms with van der Waals surface area (Å²) >= 11 is 6.08. The molecule has 0 radical (unpaired) electrons. The maximum absolute atomic E-state index is 12.1. The zero-order valence-electron chi connectivity index (χ0n) is 16.5. The number of hydrogen-bond acceptors (Lipinski definition) is 7. The summed E-state index contributed by atoms with van der Waals surface area (Å²) in [6, 6.07) is 10.4. The van der Waals surface area contributed by atoms with E-state index in [0.717, 1.165) is 5.56 Å². The molecule has 3 aromatic rings. The fourth-order valence-corrected chi connectivity index (χ4v) is 3.50. The summed E-state index contributed by atoms with van der Waals surface area (Å²) < 4.78 is 5.33. The molecule has 1 aliphatic heterocycles. The van der Waals surface area contributed by atoms with Gasteiger partial charge in [0.2, 0.25) is 5.95 Å². The Bertz CT molecular complexity index is 1180. The van der Waals surface area contributed by atoms with Gasteiger partial charge in [-0.2, -0.15) is 4.98 Å². The van der Waals surface area contributed by atoms with Crippen molar-refractivity contribution in [3.63, 3.8) is 0 Å². The van der Waals surface area contributed by atoms with Crippen LogP contribution in [0.5, 0.6) is 5.75 Å². The number of carbonyl (C=O) groups excluding carboxylic acids is 2. The van der Waals surface area contributed by atoms with Gasteiger partial charge in [-0.25, -0.2) is 4.98 Å². The van der Waals surface area contributed by atoms with Gasteiger partial charge in [0.15, 0.2) is 0 Å². The molecule has 0 fully saturated rings. The summed E-state index contributed by atoms with van der Waals surface area (Å²) in [5.74, 6) is 0.140. The van der Waals surface area contributed by atoms with E-state index in [1.165, 1.54) is 13.3 Å². The van der Waals surface area contributed by atoms with Crippen LogP contribution in [0.1, 0.15) is 26.3 Å². The summed E-state index contributed by atoms with van der Waals surface area (Å²) in [6.45, 7) is 0.526. The van der Waals surface area contributed by atoms with E-state index in [1.54, 1.807) is 30.3 Å². The van der Waals surface area contributed by atoms with Crippen LogP contribution >= 0.6 is 11.6 Å². The molecule has 1 aromatic heterocycles. The van der Waals surface area contributed by atoms with Crippen LogP contribution in [-0.4, -0.2) is 35.4 Å². The average molecular weight is 439 g/mol. The number of benzene rings is 2. The van der Waals surface area contributed by atoms with E-state index >= 15 is 0 Å². The minimum atomic E-state index is -0.683. The van der Waals surface area contributed by atoms with E-state index in [2.05, 4.69) is 25.9 Å². The number of nitrogens with zero attached hydrogens (tertiary/aromatic N) is 2. The minimum absolute atomic E-state index is 0.112. The molecule has 9 nitrogen and oxygen atoms in total. The Balaban J connectivity index is 1.71. The third-order valence-electron chi connectivity index (χ3n) is 4.80. The third kappa shape index (κ3) is 4.22. The van der Waals surface area contributed by atoms with Gasteiger partial charge >= 0.3 is 0 Å². The second-order valence-electron chi connectivity index (χ2n) is 6.75. The van der Waals surface area contributed by atoms with E-state index in [-0.39, 0.29) is 23.2 Å². The Morgan fingerprint density at radius 1 is 1.23 bits per heavy atom. The van der Waals surface area contributed by atoms with Crippen molar-refractivity contribution in [3.8, 4) is 5.75 Å². The van der Waals surface area contributed by atoms with Crippen molar-refractivity contribution in [2.75, 3.05) is 24.3 Å². The molecule has 4 rings (SSSR count). The number of nitrogens with one attached hydrogen (secondary N) is 3. The van der Waals surface area contributed by atoms with E-state index in [1.807, 2.05) is 6.07 Å². The number of aromatic nitrogens is 2. The molecule has 2 aromatic carbocycles.